The van der Waals surface area contributed by atoms with E-state index in [9.17, 15) is 24.3 Å². The number of benzene rings is 1. The van der Waals surface area contributed by atoms with E-state index in [1.165, 1.54) is 13.8 Å². The SMILES string of the molecule is CC(NC(=O)[C@H](C)NC(=O)CCCCC(=O)O)C(=O)Nc1cc(CO)cc(CCl)c1. The Balaban J connectivity index is 2.51. The fourth-order valence-electron chi connectivity index (χ4n) is 2.60. The lowest BCUT2D eigenvalue weighted by atomic mass is 10.1. The van der Waals surface area contributed by atoms with Gasteiger partial charge in [0.1, 0.15) is 12.1 Å². The molecule has 10 heteroatoms. The number of carbonyl (C=O) groups excluding carboxylic acids is 3. The number of amides is 3. The lowest BCUT2D eigenvalue weighted by Crippen LogP contribution is -2.50. The molecule has 1 rings (SSSR count). The van der Waals surface area contributed by atoms with Crippen LogP contribution in [-0.2, 0) is 31.7 Å². The number of aliphatic hydroxyl groups is 1. The zero-order valence-electron chi connectivity index (χ0n) is 17.0. The van der Waals surface area contributed by atoms with Gasteiger partial charge in [0.25, 0.3) is 0 Å². The summed E-state index contributed by atoms with van der Waals surface area (Å²) in [5.41, 5.74) is 1.78. The Labute approximate surface area is 180 Å². The molecule has 0 aliphatic carbocycles. The molecule has 30 heavy (non-hydrogen) atoms. The molecule has 0 saturated heterocycles. The molecule has 0 bridgehead atoms. The number of alkyl halides is 1. The van der Waals surface area contributed by atoms with Crippen molar-refractivity contribution in [2.24, 2.45) is 0 Å². The first kappa shape index (κ1) is 25.4. The normalized spacial score (nSPS) is 12.5. The number of halogens is 1. The van der Waals surface area contributed by atoms with E-state index in [4.69, 9.17) is 16.7 Å². The van der Waals surface area contributed by atoms with Crippen LogP contribution in [0.25, 0.3) is 0 Å². The van der Waals surface area contributed by atoms with Gasteiger partial charge in [0.15, 0.2) is 0 Å². The van der Waals surface area contributed by atoms with Gasteiger partial charge in [-0.2, -0.15) is 0 Å². The van der Waals surface area contributed by atoms with Gasteiger partial charge in [-0.05, 0) is 49.9 Å². The third-order valence-corrected chi connectivity index (χ3v) is 4.53. The molecule has 0 fully saturated rings. The van der Waals surface area contributed by atoms with Crippen molar-refractivity contribution in [3.8, 4) is 0 Å². The second kappa shape index (κ2) is 12.8. The predicted octanol–water partition coefficient (Wildman–Crippen LogP) is 1.51. The van der Waals surface area contributed by atoms with E-state index >= 15 is 0 Å². The van der Waals surface area contributed by atoms with Crippen LogP contribution in [0.3, 0.4) is 0 Å². The second-order valence-corrected chi connectivity index (χ2v) is 7.21. The molecular weight excluding hydrogens is 414 g/mol. The maximum atomic E-state index is 12.4. The van der Waals surface area contributed by atoms with Crippen molar-refractivity contribution in [1.82, 2.24) is 10.6 Å². The van der Waals surface area contributed by atoms with Gasteiger partial charge in [0.05, 0.1) is 6.61 Å². The van der Waals surface area contributed by atoms with E-state index in [0.29, 0.717) is 24.1 Å². The molecule has 0 aliphatic heterocycles. The van der Waals surface area contributed by atoms with Gasteiger partial charge in [0, 0.05) is 24.4 Å². The summed E-state index contributed by atoms with van der Waals surface area (Å²) >= 11 is 5.81. The summed E-state index contributed by atoms with van der Waals surface area (Å²) in [6.07, 6.45) is 0.889. The fourth-order valence-corrected chi connectivity index (χ4v) is 2.75. The van der Waals surface area contributed by atoms with Crippen molar-refractivity contribution in [1.29, 1.82) is 0 Å². The number of hydrogen-bond acceptors (Lipinski definition) is 5. The minimum absolute atomic E-state index is 0.0104. The Kier molecular flexibility index (Phi) is 10.8. The molecular formula is C20H28ClN3O6. The van der Waals surface area contributed by atoms with Crippen LogP contribution in [0, 0.1) is 0 Å². The molecule has 0 saturated carbocycles. The van der Waals surface area contributed by atoms with Crippen LogP contribution in [0.5, 0.6) is 0 Å². The number of carboxylic acids is 1. The summed E-state index contributed by atoms with van der Waals surface area (Å²) < 4.78 is 0. The van der Waals surface area contributed by atoms with Crippen molar-refractivity contribution in [3.63, 3.8) is 0 Å². The first-order valence-corrected chi connectivity index (χ1v) is 10.1. The minimum atomic E-state index is -0.919. The highest BCUT2D eigenvalue weighted by Crippen LogP contribution is 2.17. The number of unbranched alkanes of at least 4 members (excludes halogenated alkanes) is 1. The first-order valence-electron chi connectivity index (χ1n) is 9.58. The van der Waals surface area contributed by atoms with Crippen LogP contribution in [0.2, 0.25) is 0 Å². The maximum absolute atomic E-state index is 12.4. The van der Waals surface area contributed by atoms with Gasteiger partial charge in [-0.3, -0.25) is 19.2 Å². The number of rotatable bonds is 12. The van der Waals surface area contributed by atoms with Crippen LogP contribution in [0.15, 0.2) is 18.2 Å². The Hall–Kier alpha value is -2.65. The van der Waals surface area contributed by atoms with Crippen molar-refractivity contribution in [2.75, 3.05) is 5.32 Å². The quantitative estimate of drug-likeness (QED) is 0.245. The smallest absolute Gasteiger partial charge is 0.303 e. The van der Waals surface area contributed by atoms with Gasteiger partial charge in [0.2, 0.25) is 17.7 Å². The molecule has 0 aliphatic rings. The number of hydrogen-bond donors (Lipinski definition) is 5. The lowest BCUT2D eigenvalue weighted by molar-refractivity contribution is -0.137. The number of anilines is 1. The van der Waals surface area contributed by atoms with Crippen molar-refractivity contribution < 1.29 is 29.4 Å². The standard InChI is InChI=1S/C20H28ClN3O6/c1-12(22-17(26)5-3-4-6-18(27)28)19(29)23-13(2)20(30)24-16-8-14(10-21)7-15(9-16)11-25/h7-9,12-13,25H,3-6,10-11H2,1-2H3,(H,22,26)(H,23,29)(H,24,30)(H,27,28)/t12-,13?/m0/s1. The number of aliphatic hydroxyl groups excluding tert-OH is 1. The summed E-state index contributed by atoms with van der Waals surface area (Å²) in [5.74, 6) is -2.06. The zero-order chi connectivity index (χ0) is 22.7. The summed E-state index contributed by atoms with van der Waals surface area (Å²) in [5, 5.41) is 25.6. The zero-order valence-corrected chi connectivity index (χ0v) is 17.8. The average Bonchev–Trinajstić information content (AvgIpc) is 2.70. The number of carboxylic acid groups (broad SMARTS) is 1. The molecule has 2 atom stereocenters. The summed E-state index contributed by atoms with van der Waals surface area (Å²) in [6, 6.07) is 3.28. The molecule has 3 amide bonds. The van der Waals surface area contributed by atoms with Gasteiger partial charge >= 0.3 is 5.97 Å². The van der Waals surface area contributed by atoms with E-state index in [1.807, 2.05) is 0 Å². The third-order valence-electron chi connectivity index (χ3n) is 4.22. The summed E-state index contributed by atoms with van der Waals surface area (Å²) in [7, 11) is 0. The fraction of sp³-hybridized carbons (Fsp3) is 0.500. The number of carbonyl (C=O) groups is 4. The van der Waals surface area contributed by atoms with Gasteiger partial charge < -0.3 is 26.2 Å². The first-order chi connectivity index (χ1) is 14.2. The van der Waals surface area contributed by atoms with E-state index in [0.717, 1.165) is 5.56 Å². The van der Waals surface area contributed by atoms with Gasteiger partial charge in [-0.1, -0.05) is 6.07 Å². The molecule has 5 N–H and O–H groups in total. The molecule has 0 spiro atoms. The van der Waals surface area contributed by atoms with Crippen molar-refractivity contribution in [3.05, 3.63) is 29.3 Å². The van der Waals surface area contributed by atoms with Crippen LogP contribution >= 0.6 is 11.6 Å². The van der Waals surface area contributed by atoms with E-state index in [1.54, 1.807) is 18.2 Å². The van der Waals surface area contributed by atoms with Crippen LogP contribution in [0.1, 0.15) is 50.7 Å². The topological polar surface area (TPSA) is 145 Å². The van der Waals surface area contributed by atoms with Gasteiger partial charge in [-0.25, -0.2) is 0 Å². The molecule has 0 heterocycles. The average molecular weight is 442 g/mol. The second-order valence-electron chi connectivity index (χ2n) is 6.94. The molecule has 9 nitrogen and oxygen atoms in total. The molecule has 0 radical (unpaired) electrons. The highest BCUT2D eigenvalue weighted by atomic mass is 35.5. The molecule has 166 valence electrons. The highest BCUT2D eigenvalue weighted by Gasteiger charge is 2.21. The van der Waals surface area contributed by atoms with Gasteiger partial charge in [-0.15, -0.1) is 11.6 Å². The monoisotopic (exact) mass is 441 g/mol. The Morgan fingerprint density at radius 3 is 2.13 bits per heavy atom. The van der Waals surface area contributed by atoms with Crippen LogP contribution in [-0.4, -0.2) is 46.0 Å². The molecule has 1 unspecified atom stereocenters. The Morgan fingerprint density at radius 1 is 0.933 bits per heavy atom. The predicted molar refractivity (Wildman–Crippen MR) is 112 cm³/mol. The number of aliphatic carboxylic acids is 1. The van der Waals surface area contributed by atoms with Crippen molar-refractivity contribution >= 4 is 41.0 Å². The number of nitrogens with one attached hydrogen (secondary N) is 3. The maximum Gasteiger partial charge on any atom is 0.303 e. The van der Waals surface area contributed by atoms with Crippen molar-refractivity contribution in [2.45, 2.75) is 64.1 Å². The Morgan fingerprint density at radius 2 is 1.53 bits per heavy atom. The minimum Gasteiger partial charge on any atom is -0.481 e. The largest absolute Gasteiger partial charge is 0.481 e. The molecule has 1 aromatic rings. The summed E-state index contributed by atoms with van der Waals surface area (Å²) in [4.78, 5) is 46.9. The van der Waals surface area contributed by atoms with Crippen LogP contribution < -0.4 is 16.0 Å². The molecule has 0 aromatic heterocycles. The molecule has 1 aromatic carbocycles. The highest BCUT2D eigenvalue weighted by molar-refractivity contribution is 6.17. The van der Waals surface area contributed by atoms with Crippen LogP contribution in [0.4, 0.5) is 5.69 Å². The van der Waals surface area contributed by atoms with E-state index in [2.05, 4.69) is 16.0 Å². The van der Waals surface area contributed by atoms with E-state index in [-0.39, 0.29) is 31.2 Å². The van der Waals surface area contributed by atoms with E-state index < -0.39 is 29.9 Å². The third kappa shape index (κ3) is 9.23. The lowest BCUT2D eigenvalue weighted by Gasteiger charge is -2.19. The summed E-state index contributed by atoms with van der Waals surface area (Å²) in [6.45, 7) is 2.80. The Bertz CT molecular complexity index is 749.